The van der Waals surface area contributed by atoms with Crippen LogP contribution in [0.25, 0.3) is 0 Å². The summed E-state index contributed by atoms with van der Waals surface area (Å²) < 4.78 is 42.5. The molecular weight excluding hydrogens is 472 g/mol. The number of halogens is 4. The van der Waals surface area contributed by atoms with Crippen molar-refractivity contribution >= 4 is 29.9 Å². The van der Waals surface area contributed by atoms with Crippen molar-refractivity contribution in [1.82, 2.24) is 15.5 Å². The average molecular weight is 502 g/mol. The maximum Gasteiger partial charge on any atom is 0.401 e. The molecule has 0 amide bonds. The quantitative estimate of drug-likeness (QED) is 0.323. The first-order chi connectivity index (χ1) is 12.2. The van der Waals surface area contributed by atoms with E-state index in [0.717, 1.165) is 16.9 Å². The van der Waals surface area contributed by atoms with Gasteiger partial charge in [0.2, 0.25) is 0 Å². The topological polar surface area (TPSA) is 48.9 Å². The molecule has 0 aromatic heterocycles. The van der Waals surface area contributed by atoms with Gasteiger partial charge in [-0.15, -0.1) is 24.0 Å². The van der Waals surface area contributed by atoms with E-state index < -0.39 is 12.7 Å². The van der Waals surface area contributed by atoms with Gasteiger partial charge in [0, 0.05) is 18.7 Å². The highest BCUT2D eigenvalue weighted by atomic mass is 127. The SMILES string of the molecule is CCNC(=NCCN(C)CC(F)(F)F)NC(C)c1cc(C)ccc1OC.I. The lowest BCUT2D eigenvalue weighted by atomic mass is 10.0. The van der Waals surface area contributed by atoms with E-state index in [1.807, 2.05) is 39.0 Å². The fourth-order valence-electron chi connectivity index (χ4n) is 2.51. The summed E-state index contributed by atoms with van der Waals surface area (Å²) in [4.78, 5) is 5.58. The number of nitrogens with zero attached hydrogens (tertiary/aromatic N) is 2. The number of benzene rings is 1. The van der Waals surface area contributed by atoms with E-state index in [-0.39, 0.29) is 43.1 Å². The zero-order chi connectivity index (χ0) is 19.7. The summed E-state index contributed by atoms with van der Waals surface area (Å²) >= 11 is 0. The smallest absolute Gasteiger partial charge is 0.401 e. The highest BCUT2D eigenvalue weighted by molar-refractivity contribution is 14.0. The molecule has 1 atom stereocenters. The fraction of sp³-hybridized carbons (Fsp3) is 0.611. The van der Waals surface area contributed by atoms with Gasteiger partial charge in [0.1, 0.15) is 5.75 Å². The van der Waals surface area contributed by atoms with Crippen LogP contribution < -0.4 is 15.4 Å². The van der Waals surface area contributed by atoms with Crippen molar-refractivity contribution < 1.29 is 17.9 Å². The second-order valence-corrected chi connectivity index (χ2v) is 6.23. The van der Waals surface area contributed by atoms with Crippen molar-refractivity contribution in [2.75, 3.05) is 40.3 Å². The minimum atomic E-state index is -4.20. The van der Waals surface area contributed by atoms with E-state index in [1.54, 1.807) is 7.11 Å². The van der Waals surface area contributed by atoms with E-state index in [0.29, 0.717) is 12.5 Å². The van der Waals surface area contributed by atoms with Crippen molar-refractivity contribution in [2.24, 2.45) is 4.99 Å². The Kier molecular flexibility index (Phi) is 11.7. The van der Waals surface area contributed by atoms with Gasteiger partial charge in [-0.05, 0) is 33.9 Å². The van der Waals surface area contributed by atoms with Gasteiger partial charge < -0.3 is 15.4 Å². The molecular formula is C18H30F3IN4O. The van der Waals surface area contributed by atoms with Crippen LogP contribution in [0.15, 0.2) is 23.2 Å². The molecule has 0 saturated heterocycles. The molecule has 0 aliphatic carbocycles. The predicted molar refractivity (Wildman–Crippen MR) is 114 cm³/mol. The van der Waals surface area contributed by atoms with E-state index >= 15 is 0 Å². The summed E-state index contributed by atoms with van der Waals surface area (Å²) in [5.74, 6) is 1.33. The lowest BCUT2D eigenvalue weighted by Crippen LogP contribution is -2.39. The molecule has 0 aliphatic rings. The van der Waals surface area contributed by atoms with Crippen LogP contribution in [0.2, 0.25) is 0 Å². The molecule has 0 fully saturated rings. The number of hydrogen-bond acceptors (Lipinski definition) is 3. The van der Waals surface area contributed by atoms with E-state index in [9.17, 15) is 13.2 Å². The molecule has 0 saturated carbocycles. The molecule has 27 heavy (non-hydrogen) atoms. The van der Waals surface area contributed by atoms with Crippen LogP contribution in [0.3, 0.4) is 0 Å². The molecule has 0 heterocycles. The highest BCUT2D eigenvalue weighted by Crippen LogP contribution is 2.25. The Bertz CT molecular complexity index is 596. The Hall–Kier alpha value is -1.23. The molecule has 1 aromatic carbocycles. The summed E-state index contributed by atoms with van der Waals surface area (Å²) in [6.07, 6.45) is -4.20. The van der Waals surface area contributed by atoms with Crippen molar-refractivity contribution in [1.29, 1.82) is 0 Å². The number of aliphatic imine (C=N–C) groups is 1. The minimum absolute atomic E-state index is 0. The maximum absolute atomic E-state index is 12.4. The summed E-state index contributed by atoms with van der Waals surface area (Å²) in [5, 5.41) is 6.39. The number of hydrogen-bond donors (Lipinski definition) is 2. The molecule has 1 aromatic rings. The first kappa shape index (κ1) is 25.8. The summed E-state index contributed by atoms with van der Waals surface area (Å²) in [6, 6.07) is 5.86. The maximum atomic E-state index is 12.4. The van der Waals surface area contributed by atoms with Crippen LogP contribution in [-0.2, 0) is 0 Å². The zero-order valence-electron chi connectivity index (χ0n) is 16.5. The van der Waals surface area contributed by atoms with Gasteiger partial charge in [0.15, 0.2) is 5.96 Å². The van der Waals surface area contributed by atoms with E-state index in [2.05, 4.69) is 15.6 Å². The Balaban J connectivity index is 0.00000676. The number of alkyl halides is 3. The Labute approximate surface area is 176 Å². The molecule has 1 rings (SSSR count). The fourth-order valence-corrected chi connectivity index (χ4v) is 2.51. The van der Waals surface area contributed by atoms with Crippen LogP contribution in [-0.4, -0.2) is 57.4 Å². The molecule has 0 spiro atoms. The Morgan fingerprint density at radius 2 is 2.00 bits per heavy atom. The second kappa shape index (κ2) is 12.3. The van der Waals surface area contributed by atoms with Crippen molar-refractivity contribution in [2.45, 2.75) is 33.0 Å². The third-order valence-corrected chi connectivity index (χ3v) is 3.75. The first-order valence-electron chi connectivity index (χ1n) is 8.61. The predicted octanol–water partition coefficient (Wildman–Crippen LogP) is 3.73. The normalized spacial score (nSPS) is 13.1. The Morgan fingerprint density at radius 3 is 2.56 bits per heavy atom. The second-order valence-electron chi connectivity index (χ2n) is 6.23. The van der Waals surface area contributed by atoms with Crippen molar-refractivity contribution in [3.63, 3.8) is 0 Å². The number of likely N-dealkylation sites (N-methyl/N-ethyl adjacent to an activating group) is 1. The van der Waals surface area contributed by atoms with Gasteiger partial charge in [-0.2, -0.15) is 13.2 Å². The van der Waals surface area contributed by atoms with E-state index in [4.69, 9.17) is 4.74 Å². The first-order valence-corrected chi connectivity index (χ1v) is 8.61. The molecule has 0 radical (unpaired) electrons. The molecule has 1 unspecified atom stereocenters. The highest BCUT2D eigenvalue weighted by Gasteiger charge is 2.28. The van der Waals surface area contributed by atoms with Crippen LogP contribution in [0.1, 0.15) is 31.0 Å². The largest absolute Gasteiger partial charge is 0.496 e. The zero-order valence-corrected chi connectivity index (χ0v) is 18.8. The van der Waals surface area contributed by atoms with Crippen LogP contribution >= 0.6 is 24.0 Å². The van der Waals surface area contributed by atoms with Gasteiger partial charge >= 0.3 is 6.18 Å². The van der Waals surface area contributed by atoms with Gasteiger partial charge in [-0.3, -0.25) is 9.89 Å². The average Bonchev–Trinajstić information content (AvgIpc) is 2.53. The number of nitrogens with one attached hydrogen (secondary N) is 2. The van der Waals surface area contributed by atoms with Gasteiger partial charge in [0.25, 0.3) is 0 Å². The van der Waals surface area contributed by atoms with Crippen LogP contribution in [0.5, 0.6) is 5.75 Å². The number of guanidine groups is 1. The number of aryl methyl sites for hydroxylation is 1. The molecule has 0 aliphatic heterocycles. The number of rotatable bonds is 8. The van der Waals surface area contributed by atoms with Crippen molar-refractivity contribution in [3.05, 3.63) is 29.3 Å². The number of methoxy groups -OCH3 is 1. The van der Waals surface area contributed by atoms with E-state index in [1.165, 1.54) is 11.9 Å². The van der Waals surface area contributed by atoms with Gasteiger partial charge in [0.05, 0.1) is 26.2 Å². The molecule has 5 nitrogen and oxygen atoms in total. The lowest BCUT2D eigenvalue weighted by molar-refractivity contribution is -0.142. The molecule has 156 valence electrons. The summed E-state index contributed by atoms with van der Waals surface area (Å²) in [7, 11) is 3.06. The molecule has 2 N–H and O–H groups in total. The van der Waals surface area contributed by atoms with Crippen LogP contribution in [0.4, 0.5) is 13.2 Å². The van der Waals surface area contributed by atoms with Gasteiger partial charge in [-0.1, -0.05) is 17.7 Å². The third-order valence-electron chi connectivity index (χ3n) is 3.75. The Morgan fingerprint density at radius 1 is 1.33 bits per heavy atom. The molecule has 0 bridgehead atoms. The third kappa shape index (κ3) is 10.0. The monoisotopic (exact) mass is 502 g/mol. The summed E-state index contributed by atoms with van der Waals surface area (Å²) in [5.41, 5.74) is 2.11. The van der Waals surface area contributed by atoms with Crippen LogP contribution in [0, 0.1) is 6.92 Å². The summed E-state index contributed by atoms with van der Waals surface area (Å²) in [6.45, 7) is 6.12. The van der Waals surface area contributed by atoms with Gasteiger partial charge in [-0.25, -0.2) is 0 Å². The van der Waals surface area contributed by atoms with Crippen molar-refractivity contribution in [3.8, 4) is 5.75 Å². The number of ether oxygens (including phenoxy) is 1. The minimum Gasteiger partial charge on any atom is -0.496 e. The standard InChI is InChI=1S/C18H29F3N4O.HI/c1-6-22-17(23-9-10-25(4)12-18(19,20)21)24-14(3)15-11-13(2)7-8-16(15)26-5;/h7-8,11,14H,6,9-10,12H2,1-5H3,(H2,22,23,24);1H. The molecule has 9 heteroatoms. The lowest BCUT2D eigenvalue weighted by Gasteiger charge is -2.21.